The Labute approximate surface area is 360 Å². The van der Waals surface area contributed by atoms with Crippen LogP contribution >= 0.6 is 0 Å². The number of anilines is 2. The van der Waals surface area contributed by atoms with Gasteiger partial charge in [-0.2, -0.15) is 0 Å². The molecule has 1 unspecified atom stereocenters. The molecule has 6 heterocycles. The van der Waals surface area contributed by atoms with Crippen LogP contribution in [0.4, 0.5) is 17.2 Å². The summed E-state index contributed by atoms with van der Waals surface area (Å²) in [5, 5.41) is 6.33. The molecule has 5 aliphatic rings. The third kappa shape index (κ3) is 7.19. The largest absolute Gasteiger partial charge is 0.489 e. The van der Waals surface area contributed by atoms with Crippen molar-refractivity contribution in [2.75, 3.05) is 55.6 Å². The number of carbonyl (C=O) groups excluding carboxylic acids is 5. The van der Waals surface area contributed by atoms with Crippen molar-refractivity contribution in [3.8, 4) is 5.75 Å². The molecule has 2 N–H and O–H groups in total. The average Bonchev–Trinajstić information content (AvgIpc) is 3.52. The topological polar surface area (TPSA) is 162 Å². The molecule has 1 saturated carbocycles. The molecule has 1 aliphatic carbocycles. The van der Waals surface area contributed by atoms with Crippen LogP contribution in [0.25, 0.3) is 15.7 Å². The standard InChI is InChI=1S/C47H51N9O6/c1-46(2)44(47(3,4)45(46)62-36-13-11-34(48-5)39-32(36)7-6-18-49-39)52-40(58)29-8-14-37(50-26-29)55-19-16-28(17-20-55)27-53-21-23-54(24-22-53)30-9-10-31-33(25-30)43(61)56(42(31)60)35-12-15-38(57)51-41(35)59/h6-11,13-14,18,25-26,28,35,44-45H,12,15-17,19-24,27H2,1-4H3,(H,52,58)(H,51,57,59). The normalized spacial score (nSPS) is 23.7. The van der Waals surface area contributed by atoms with Gasteiger partial charge in [0, 0.05) is 92.6 Å². The van der Waals surface area contributed by atoms with E-state index in [0.29, 0.717) is 39.6 Å². The van der Waals surface area contributed by atoms with Crippen LogP contribution in [-0.4, -0.2) is 113 Å². The Morgan fingerprint density at radius 1 is 0.871 bits per heavy atom. The van der Waals surface area contributed by atoms with Gasteiger partial charge in [-0.3, -0.25) is 44.1 Å². The number of nitrogens with one attached hydrogen (secondary N) is 2. The van der Waals surface area contributed by atoms with Gasteiger partial charge in [-0.15, -0.1) is 0 Å². The number of piperazine rings is 1. The number of pyridine rings is 2. The predicted molar refractivity (Wildman–Crippen MR) is 232 cm³/mol. The lowest BCUT2D eigenvalue weighted by molar-refractivity contribution is -0.163. The summed E-state index contributed by atoms with van der Waals surface area (Å²) < 4.78 is 6.65. The molecule has 0 radical (unpaired) electrons. The van der Waals surface area contributed by atoms with Crippen LogP contribution in [-0.2, 0) is 9.59 Å². The van der Waals surface area contributed by atoms with Crippen molar-refractivity contribution in [1.29, 1.82) is 0 Å². The molecule has 15 heteroatoms. The molecule has 320 valence electrons. The first-order valence-electron chi connectivity index (χ1n) is 21.5. The Morgan fingerprint density at radius 3 is 2.31 bits per heavy atom. The molecule has 0 bridgehead atoms. The summed E-state index contributed by atoms with van der Waals surface area (Å²) in [5.41, 5.74) is 2.32. The first kappa shape index (κ1) is 41.0. The van der Waals surface area contributed by atoms with Gasteiger partial charge in [-0.1, -0.05) is 33.8 Å². The number of carbonyl (C=O) groups is 5. The molecule has 0 spiro atoms. The third-order valence-corrected chi connectivity index (χ3v) is 13.8. The molecule has 2 aromatic heterocycles. The van der Waals surface area contributed by atoms with E-state index in [-0.39, 0.29) is 41.7 Å². The SMILES string of the molecule is [C-]#[N+]c1ccc(OC2C(C)(C)C(NC(=O)c3ccc(N4CCC(CN5CCN(c6ccc7c(c6)C(=O)N(C6CCC(=O)NC6=O)C7=O)CC5)CC4)nc3)C2(C)C)c2cccnc12. The minimum atomic E-state index is -0.978. The van der Waals surface area contributed by atoms with Crippen molar-refractivity contribution in [3.63, 3.8) is 0 Å². The molecule has 15 nitrogen and oxygen atoms in total. The van der Waals surface area contributed by atoms with Crippen molar-refractivity contribution >= 4 is 57.6 Å². The van der Waals surface area contributed by atoms with E-state index in [0.717, 1.165) is 80.4 Å². The summed E-state index contributed by atoms with van der Waals surface area (Å²) in [6.07, 6.45) is 5.46. The van der Waals surface area contributed by atoms with Crippen LogP contribution in [0.1, 0.15) is 84.5 Å². The highest BCUT2D eigenvalue weighted by Gasteiger charge is 2.64. The Balaban J connectivity index is 0.740. The number of fused-ring (bicyclic) bond motifs is 2. The molecule has 4 aliphatic heterocycles. The van der Waals surface area contributed by atoms with E-state index in [1.54, 1.807) is 30.6 Å². The van der Waals surface area contributed by atoms with Gasteiger partial charge < -0.3 is 19.9 Å². The van der Waals surface area contributed by atoms with E-state index in [2.05, 4.69) is 62.9 Å². The number of aromatic nitrogens is 2. The number of benzene rings is 2. The van der Waals surface area contributed by atoms with Gasteiger partial charge in [-0.05, 0) is 73.7 Å². The minimum Gasteiger partial charge on any atom is -0.489 e. The Bertz CT molecular complexity index is 2500. The summed E-state index contributed by atoms with van der Waals surface area (Å²) in [5.74, 6) is -0.0556. The fourth-order valence-electron chi connectivity index (χ4n) is 10.7. The van der Waals surface area contributed by atoms with Crippen molar-refractivity contribution in [2.24, 2.45) is 16.7 Å². The number of piperidine rings is 2. The van der Waals surface area contributed by atoms with Gasteiger partial charge in [-0.25, -0.2) is 9.83 Å². The molecule has 62 heavy (non-hydrogen) atoms. The van der Waals surface area contributed by atoms with Crippen molar-refractivity contribution in [2.45, 2.75) is 71.6 Å². The van der Waals surface area contributed by atoms with Gasteiger partial charge in [0.1, 0.15) is 23.7 Å². The van der Waals surface area contributed by atoms with Crippen molar-refractivity contribution in [3.05, 3.63) is 95.1 Å². The summed E-state index contributed by atoms with van der Waals surface area (Å²) in [6, 6.07) is 15.3. The van der Waals surface area contributed by atoms with Gasteiger partial charge in [0.05, 0.1) is 28.8 Å². The Hall–Kier alpha value is -6.40. The van der Waals surface area contributed by atoms with Crippen LogP contribution in [0, 0.1) is 23.3 Å². The van der Waals surface area contributed by atoms with E-state index in [9.17, 15) is 24.0 Å². The van der Waals surface area contributed by atoms with Gasteiger partial charge in [0.15, 0.2) is 0 Å². The number of ether oxygens (including phenoxy) is 1. The zero-order valence-corrected chi connectivity index (χ0v) is 35.5. The second kappa shape index (κ2) is 15.8. The van der Waals surface area contributed by atoms with Crippen LogP contribution in [0.5, 0.6) is 5.75 Å². The van der Waals surface area contributed by atoms with E-state index in [4.69, 9.17) is 16.3 Å². The van der Waals surface area contributed by atoms with Crippen LogP contribution in [0.3, 0.4) is 0 Å². The maximum absolute atomic E-state index is 13.6. The summed E-state index contributed by atoms with van der Waals surface area (Å²) in [7, 11) is 0. The summed E-state index contributed by atoms with van der Waals surface area (Å²) in [4.78, 5) is 85.0. The van der Waals surface area contributed by atoms with Crippen molar-refractivity contribution < 1.29 is 28.7 Å². The number of hydrogen-bond donors (Lipinski definition) is 2. The maximum atomic E-state index is 13.6. The third-order valence-electron chi connectivity index (χ3n) is 13.8. The van der Waals surface area contributed by atoms with Gasteiger partial charge >= 0.3 is 0 Å². The second-order valence-electron chi connectivity index (χ2n) is 18.4. The number of imide groups is 2. The maximum Gasteiger partial charge on any atom is 0.262 e. The lowest BCUT2D eigenvalue weighted by Gasteiger charge is -2.63. The number of rotatable bonds is 9. The quantitative estimate of drug-likeness (QED) is 0.168. The molecule has 1 atom stereocenters. The van der Waals surface area contributed by atoms with E-state index in [1.807, 2.05) is 36.4 Å². The fraction of sp³-hybridized carbons (Fsp3) is 0.447. The average molecular weight is 838 g/mol. The number of nitrogens with zero attached hydrogens (tertiary/aromatic N) is 7. The zero-order chi connectivity index (χ0) is 43.5. The molecular weight excluding hydrogens is 787 g/mol. The van der Waals surface area contributed by atoms with Crippen molar-refractivity contribution in [1.82, 2.24) is 30.4 Å². The fourth-order valence-corrected chi connectivity index (χ4v) is 10.7. The highest BCUT2D eigenvalue weighted by Crippen LogP contribution is 2.56. The molecule has 9 rings (SSSR count). The highest BCUT2D eigenvalue weighted by atomic mass is 16.5. The molecular formula is C47H51N9O6. The minimum absolute atomic E-state index is 0.0878. The summed E-state index contributed by atoms with van der Waals surface area (Å²) >= 11 is 0. The Kier molecular flexibility index (Phi) is 10.5. The zero-order valence-electron chi connectivity index (χ0n) is 35.5. The molecule has 3 saturated heterocycles. The second-order valence-corrected chi connectivity index (χ2v) is 18.4. The monoisotopic (exact) mass is 837 g/mol. The highest BCUT2D eigenvalue weighted by molar-refractivity contribution is 6.23. The number of amides is 5. The lowest BCUT2D eigenvalue weighted by Crippen LogP contribution is -2.74. The lowest BCUT2D eigenvalue weighted by atomic mass is 9.49. The molecule has 4 aromatic rings. The van der Waals surface area contributed by atoms with E-state index >= 15 is 0 Å². The Morgan fingerprint density at radius 2 is 1.61 bits per heavy atom. The smallest absolute Gasteiger partial charge is 0.262 e. The van der Waals surface area contributed by atoms with Gasteiger partial charge in [0.25, 0.3) is 17.7 Å². The molecule has 4 fully saturated rings. The predicted octanol–water partition coefficient (Wildman–Crippen LogP) is 5.23. The molecule has 5 amide bonds. The summed E-state index contributed by atoms with van der Waals surface area (Å²) in [6.45, 7) is 22.1. The van der Waals surface area contributed by atoms with E-state index < -0.39 is 29.7 Å². The van der Waals surface area contributed by atoms with Crippen LogP contribution < -0.4 is 25.2 Å². The first-order valence-corrected chi connectivity index (χ1v) is 21.5. The van der Waals surface area contributed by atoms with Crippen LogP contribution in [0.15, 0.2) is 67.0 Å². The first-order chi connectivity index (χ1) is 29.7. The van der Waals surface area contributed by atoms with E-state index in [1.165, 1.54) is 0 Å². The molecule has 2 aromatic carbocycles. The van der Waals surface area contributed by atoms with Gasteiger partial charge in [0.2, 0.25) is 17.5 Å². The van der Waals surface area contributed by atoms with Crippen LogP contribution in [0.2, 0.25) is 0 Å². The number of hydrogen-bond acceptors (Lipinski definition) is 11.